The van der Waals surface area contributed by atoms with Crippen molar-refractivity contribution in [1.82, 2.24) is 15.3 Å². The molecule has 25 heavy (non-hydrogen) atoms. The van der Waals surface area contributed by atoms with Crippen LogP contribution in [0.3, 0.4) is 0 Å². The molecule has 2 rings (SSSR count). The third-order valence-corrected chi connectivity index (χ3v) is 5.46. The number of Topliss-reactive ketones (excluding diaryl/α,β-unsaturated/α-hetero) is 1. The van der Waals surface area contributed by atoms with E-state index in [9.17, 15) is 9.59 Å². The normalized spacial score (nSPS) is 11.4. The van der Waals surface area contributed by atoms with E-state index in [1.165, 1.54) is 30.0 Å². The van der Waals surface area contributed by atoms with Crippen LogP contribution in [0.4, 0.5) is 0 Å². The highest BCUT2D eigenvalue weighted by molar-refractivity contribution is 7.99. The Morgan fingerprint density at radius 2 is 2.00 bits per heavy atom. The summed E-state index contributed by atoms with van der Waals surface area (Å²) in [7, 11) is 0. The molecule has 5 nitrogen and oxygen atoms in total. The zero-order valence-electron chi connectivity index (χ0n) is 15.0. The molecule has 0 bridgehead atoms. The number of hydrogen-bond acceptors (Lipinski definition) is 6. The van der Waals surface area contributed by atoms with Crippen LogP contribution in [0.15, 0.2) is 29.6 Å². The van der Waals surface area contributed by atoms with E-state index >= 15 is 0 Å². The van der Waals surface area contributed by atoms with Crippen LogP contribution in [0.25, 0.3) is 0 Å². The summed E-state index contributed by atoms with van der Waals surface area (Å²) < 4.78 is 0. The average molecular weight is 378 g/mol. The van der Waals surface area contributed by atoms with E-state index in [1.807, 2.05) is 18.2 Å². The molecular weight excluding hydrogens is 354 g/mol. The summed E-state index contributed by atoms with van der Waals surface area (Å²) in [6.07, 6.45) is 2.48. The molecule has 7 heteroatoms. The zero-order chi connectivity index (χ0) is 18.4. The van der Waals surface area contributed by atoms with Gasteiger partial charge in [-0.25, -0.2) is 9.97 Å². The molecule has 0 aliphatic rings. The van der Waals surface area contributed by atoms with Gasteiger partial charge >= 0.3 is 0 Å². The Kier molecular flexibility index (Phi) is 6.72. The maximum absolute atomic E-state index is 12.4. The molecule has 0 aliphatic heterocycles. The first kappa shape index (κ1) is 19.6. The van der Waals surface area contributed by atoms with Crippen molar-refractivity contribution < 1.29 is 9.59 Å². The molecule has 2 heterocycles. The number of carbonyl (C=O) groups excluding carboxylic acids is 2. The third-order valence-electron chi connectivity index (χ3n) is 3.42. The number of nitrogens with zero attached hydrogens (tertiary/aromatic N) is 2. The van der Waals surface area contributed by atoms with Gasteiger partial charge in [0.15, 0.2) is 10.9 Å². The molecule has 0 radical (unpaired) electrons. The van der Waals surface area contributed by atoms with Crippen molar-refractivity contribution in [3.05, 3.63) is 39.8 Å². The van der Waals surface area contributed by atoms with E-state index in [0.717, 1.165) is 21.9 Å². The second-order valence-corrected chi connectivity index (χ2v) is 8.80. The number of nitrogens with one attached hydrogen (secondary N) is 1. The Balaban J connectivity index is 1.90. The van der Waals surface area contributed by atoms with Gasteiger partial charge in [0, 0.05) is 30.0 Å². The molecule has 134 valence electrons. The first-order valence-corrected chi connectivity index (χ1v) is 9.88. The number of amides is 1. The highest BCUT2D eigenvalue weighted by Crippen LogP contribution is 2.24. The molecule has 1 N–H and O–H groups in total. The van der Waals surface area contributed by atoms with Crippen LogP contribution in [-0.2, 0) is 16.6 Å². The van der Waals surface area contributed by atoms with E-state index in [-0.39, 0.29) is 17.1 Å². The van der Waals surface area contributed by atoms with Crippen molar-refractivity contribution in [2.75, 3.05) is 12.3 Å². The van der Waals surface area contributed by atoms with Gasteiger partial charge in [0.05, 0.1) is 16.3 Å². The summed E-state index contributed by atoms with van der Waals surface area (Å²) in [4.78, 5) is 33.8. The number of carbonyl (C=O) groups is 2. The van der Waals surface area contributed by atoms with Crippen LogP contribution in [0.1, 0.15) is 47.9 Å². The number of aromatic nitrogens is 2. The summed E-state index contributed by atoms with van der Waals surface area (Å²) in [6, 6.07) is 5.71. The van der Waals surface area contributed by atoms with Gasteiger partial charge in [0.2, 0.25) is 5.91 Å². The van der Waals surface area contributed by atoms with Crippen molar-refractivity contribution in [3.63, 3.8) is 0 Å². The summed E-state index contributed by atoms with van der Waals surface area (Å²) in [5, 5.41) is 3.39. The number of hydrogen-bond donors (Lipinski definition) is 1. The lowest BCUT2D eigenvalue weighted by atomic mass is 9.92. The van der Waals surface area contributed by atoms with Crippen LogP contribution < -0.4 is 5.32 Å². The lowest BCUT2D eigenvalue weighted by Gasteiger charge is -2.17. The third kappa shape index (κ3) is 6.25. The molecule has 2 aromatic heterocycles. The topological polar surface area (TPSA) is 72.0 Å². The SMILES string of the molecule is CC(=O)NCCc1ccc(C(=O)CSc2nccc(C(C)(C)C)n2)s1. The van der Waals surface area contributed by atoms with E-state index in [1.54, 1.807) is 6.20 Å². The number of thioether (sulfide) groups is 1. The van der Waals surface area contributed by atoms with Crippen molar-refractivity contribution in [2.24, 2.45) is 0 Å². The molecule has 0 saturated carbocycles. The quantitative estimate of drug-likeness (QED) is 0.454. The predicted octanol–water partition coefficient (Wildman–Crippen LogP) is 3.49. The minimum Gasteiger partial charge on any atom is -0.356 e. The average Bonchev–Trinajstić information content (AvgIpc) is 3.01. The van der Waals surface area contributed by atoms with Gasteiger partial charge in [-0.3, -0.25) is 9.59 Å². The molecule has 0 aliphatic carbocycles. The Bertz CT molecular complexity index is 751. The predicted molar refractivity (Wildman–Crippen MR) is 102 cm³/mol. The fraction of sp³-hybridized carbons (Fsp3) is 0.444. The molecule has 1 amide bonds. The van der Waals surface area contributed by atoms with Crippen molar-refractivity contribution >= 4 is 34.8 Å². The van der Waals surface area contributed by atoms with Crippen LogP contribution >= 0.6 is 23.1 Å². The van der Waals surface area contributed by atoms with Gasteiger partial charge in [-0.1, -0.05) is 32.5 Å². The molecule has 2 aromatic rings. The standard InChI is InChI=1S/C18H23N3O2S2/c1-12(22)19-9-7-13-5-6-15(25-13)14(23)11-24-17-20-10-8-16(21-17)18(2,3)4/h5-6,8,10H,7,9,11H2,1-4H3,(H,19,22). The van der Waals surface area contributed by atoms with Gasteiger partial charge in [-0.05, 0) is 24.6 Å². The lowest BCUT2D eigenvalue weighted by Crippen LogP contribution is -2.22. The largest absolute Gasteiger partial charge is 0.356 e. The zero-order valence-corrected chi connectivity index (χ0v) is 16.6. The summed E-state index contributed by atoms with van der Waals surface area (Å²) in [6.45, 7) is 8.39. The maximum Gasteiger partial charge on any atom is 0.216 e. The van der Waals surface area contributed by atoms with Crippen molar-refractivity contribution in [3.8, 4) is 0 Å². The molecule has 0 spiro atoms. The van der Waals surface area contributed by atoms with Gasteiger partial charge in [0.25, 0.3) is 0 Å². The van der Waals surface area contributed by atoms with E-state index in [0.29, 0.717) is 17.5 Å². The molecule has 0 aromatic carbocycles. The Morgan fingerprint density at radius 1 is 1.24 bits per heavy atom. The first-order chi connectivity index (χ1) is 11.8. The Hall–Kier alpha value is -1.73. The minimum atomic E-state index is -0.0428. The molecule has 0 saturated heterocycles. The second-order valence-electron chi connectivity index (χ2n) is 6.69. The van der Waals surface area contributed by atoms with Crippen LogP contribution in [0.2, 0.25) is 0 Å². The number of rotatable bonds is 7. The van der Waals surface area contributed by atoms with Crippen molar-refractivity contribution in [2.45, 2.75) is 44.7 Å². The Morgan fingerprint density at radius 3 is 2.68 bits per heavy atom. The number of thiophene rings is 1. The molecule has 0 atom stereocenters. The van der Waals surface area contributed by atoms with Crippen LogP contribution in [-0.4, -0.2) is 34.0 Å². The summed E-state index contributed by atoms with van der Waals surface area (Å²) in [5.74, 6) is 0.353. The fourth-order valence-corrected chi connectivity index (χ4v) is 3.80. The number of ketones is 1. The molecular formula is C18H23N3O2S2. The second kappa shape index (κ2) is 8.58. The van der Waals surface area contributed by atoms with E-state index < -0.39 is 0 Å². The van der Waals surface area contributed by atoms with E-state index in [2.05, 4.69) is 36.1 Å². The van der Waals surface area contributed by atoms with Crippen molar-refractivity contribution in [1.29, 1.82) is 0 Å². The summed E-state index contributed by atoms with van der Waals surface area (Å²) in [5.41, 5.74) is 0.924. The highest BCUT2D eigenvalue weighted by Gasteiger charge is 2.17. The first-order valence-electron chi connectivity index (χ1n) is 8.08. The molecule has 0 unspecified atom stereocenters. The highest BCUT2D eigenvalue weighted by atomic mass is 32.2. The fourth-order valence-electron chi connectivity index (χ4n) is 2.05. The van der Waals surface area contributed by atoms with Gasteiger partial charge in [-0.2, -0.15) is 0 Å². The van der Waals surface area contributed by atoms with E-state index in [4.69, 9.17) is 0 Å². The maximum atomic E-state index is 12.4. The Labute approximate surface area is 156 Å². The monoisotopic (exact) mass is 377 g/mol. The minimum absolute atomic E-state index is 0.0401. The molecule has 0 fully saturated rings. The van der Waals surface area contributed by atoms with Gasteiger partial charge in [0.1, 0.15) is 0 Å². The van der Waals surface area contributed by atoms with Gasteiger partial charge in [-0.15, -0.1) is 11.3 Å². The lowest BCUT2D eigenvalue weighted by molar-refractivity contribution is -0.118. The van der Waals surface area contributed by atoms with Gasteiger partial charge < -0.3 is 5.32 Å². The van der Waals surface area contributed by atoms with Crippen LogP contribution in [0.5, 0.6) is 0 Å². The summed E-state index contributed by atoms with van der Waals surface area (Å²) >= 11 is 2.84. The van der Waals surface area contributed by atoms with Crippen LogP contribution in [0, 0.1) is 0 Å². The smallest absolute Gasteiger partial charge is 0.216 e.